The Labute approximate surface area is 201 Å². The van der Waals surface area contributed by atoms with Gasteiger partial charge >= 0.3 is 6.09 Å². The highest BCUT2D eigenvalue weighted by Crippen LogP contribution is 2.55. The molecule has 1 amide bonds. The number of rotatable bonds is 6. The molecule has 0 saturated carbocycles. The number of fused-ring (bicyclic) bond motifs is 3. The number of carbonyl (C=O) groups is 1. The fraction of sp³-hybridized carbons (Fsp3) is 0.435. The molecule has 7 nitrogen and oxygen atoms in total. The van der Waals surface area contributed by atoms with E-state index in [0.717, 1.165) is 12.1 Å². The van der Waals surface area contributed by atoms with Gasteiger partial charge < -0.3 is 19.5 Å². The number of hydrogen-bond donors (Lipinski definition) is 1. The van der Waals surface area contributed by atoms with Gasteiger partial charge in [-0.25, -0.2) is 22.0 Å². The van der Waals surface area contributed by atoms with E-state index in [4.69, 9.17) is 25.8 Å². The molecule has 0 unspecified atom stereocenters. The molecule has 184 valence electrons. The van der Waals surface area contributed by atoms with E-state index in [1.54, 1.807) is 6.92 Å². The largest absolute Gasteiger partial charge is 0.490 e. The number of nitrogens with one attached hydrogen (secondary N) is 1. The average Bonchev–Trinajstić information content (AvgIpc) is 2.81. The Bertz CT molecular complexity index is 1180. The second kappa shape index (κ2) is 9.67. The van der Waals surface area contributed by atoms with Crippen molar-refractivity contribution in [3.8, 4) is 5.75 Å². The summed E-state index contributed by atoms with van der Waals surface area (Å²) in [5.41, 5.74) is -0.336. The third-order valence-corrected chi connectivity index (χ3v) is 9.12. The molecule has 1 saturated heterocycles. The SMILES string of the molecule is CCNC(=O)OCC[C@H]1OCC[C@]2(S(=O)(=O)c3ccc(Cl)cc3)c3c(F)ccc(F)c3OC[C@H]12. The molecule has 1 N–H and O–H groups in total. The van der Waals surface area contributed by atoms with Gasteiger partial charge in [0.05, 0.1) is 29.8 Å². The van der Waals surface area contributed by atoms with Gasteiger partial charge in [-0.2, -0.15) is 0 Å². The van der Waals surface area contributed by atoms with Crippen molar-refractivity contribution in [2.45, 2.75) is 35.5 Å². The van der Waals surface area contributed by atoms with Crippen molar-refractivity contribution < 1.29 is 36.2 Å². The minimum absolute atomic E-state index is 0.0233. The van der Waals surface area contributed by atoms with Crippen LogP contribution in [0.3, 0.4) is 0 Å². The van der Waals surface area contributed by atoms with Crippen LogP contribution in [0.25, 0.3) is 0 Å². The van der Waals surface area contributed by atoms with Crippen molar-refractivity contribution in [1.29, 1.82) is 0 Å². The molecule has 34 heavy (non-hydrogen) atoms. The van der Waals surface area contributed by atoms with Gasteiger partial charge in [-0.3, -0.25) is 0 Å². The zero-order valence-electron chi connectivity index (χ0n) is 18.4. The van der Waals surface area contributed by atoms with E-state index in [1.807, 2.05) is 0 Å². The predicted molar refractivity (Wildman–Crippen MR) is 120 cm³/mol. The summed E-state index contributed by atoms with van der Waals surface area (Å²) in [4.78, 5) is 11.6. The van der Waals surface area contributed by atoms with E-state index < -0.39 is 50.1 Å². The molecule has 4 rings (SSSR count). The zero-order chi connectivity index (χ0) is 24.5. The lowest BCUT2D eigenvalue weighted by Crippen LogP contribution is -2.57. The van der Waals surface area contributed by atoms with Crippen molar-refractivity contribution in [2.24, 2.45) is 5.92 Å². The summed E-state index contributed by atoms with van der Waals surface area (Å²) in [7, 11) is -4.28. The van der Waals surface area contributed by atoms with E-state index in [1.165, 1.54) is 24.3 Å². The summed E-state index contributed by atoms with van der Waals surface area (Å²) in [6.07, 6.45) is -1.32. The topological polar surface area (TPSA) is 90.9 Å². The first-order valence-electron chi connectivity index (χ1n) is 10.9. The van der Waals surface area contributed by atoms with Gasteiger partial charge in [0.25, 0.3) is 0 Å². The standard InChI is InChI=1S/C23H24ClF2NO6S/c1-2-27-22(28)32-11-9-19-16-13-33-21-18(26)8-7-17(25)20(21)23(16,10-12-31-19)34(29,30)15-5-3-14(24)4-6-15/h3-8,16,19H,2,9-13H2,1H3,(H,27,28)/t16-,19-,23-/m1/s1. The molecule has 3 atom stereocenters. The Kier molecular flexibility index (Phi) is 7.02. The number of sulfone groups is 1. The minimum Gasteiger partial charge on any atom is -0.490 e. The molecular weight excluding hydrogens is 492 g/mol. The van der Waals surface area contributed by atoms with Gasteiger partial charge in [-0.15, -0.1) is 0 Å². The number of amides is 1. The van der Waals surface area contributed by atoms with Crippen LogP contribution in [-0.2, 0) is 24.1 Å². The lowest BCUT2D eigenvalue weighted by molar-refractivity contribution is -0.0810. The number of ether oxygens (including phenoxy) is 3. The van der Waals surface area contributed by atoms with Crippen LogP contribution in [0.4, 0.5) is 13.6 Å². The molecule has 2 aliphatic heterocycles. The second-order valence-electron chi connectivity index (χ2n) is 8.11. The number of carbonyl (C=O) groups excluding carboxylic acids is 1. The minimum atomic E-state index is -4.28. The molecule has 2 heterocycles. The predicted octanol–water partition coefficient (Wildman–Crippen LogP) is 4.22. The summed E-state index contributed by atoms with van der Waals surface area (Å²) in [5, 5.41) is 2.84. The Morgan fingerprint density at radius 3 is 2.62 bits per heavy atom. The summed E-state index contributed by atoms with van der Waals surface area (Å²) >= 11 is 5.95. The molecule has 0 radical (unpaired) electrons. The molecule has 2 aromatic rings. The summed E-state index contributed by atoms with van der Waals surface area (Å²) in [6, 6.07) is 7.37. The molecular formula is C23H24ClF2NO6S. The molecule has 2 aromatic carbocycles. The summed E-state index contributed by atoms with van der Waals surface area (Å²) in [6.45, 7) is 1.84. The maximum absolute atomic E-state index is 15.3. The van der Waals surface area contributed by atoms with Crippen LogP contribution < -0.4 is 10.1 Å². The van der Waals surface area contributed by atoms with Crippen molar-refractivity contribution in [3.05, 3.63) is 58.6 Å². The molecule has 0 bridgehead atoms. The van der Waals surface area contributed by atoms with Gasteiger partial charge in [0.1, 0.15) is 10.6 Å². The zero-order valence-corrected chi connectivity index (χ0v) is 19.9. The number of halogens is 3. The lowest BCUT2D eigenvalue weighted by atomic mass is 9.75. The van der Waals surface area contributed by atoms with E-state index >= 15 is 4.39 Å². The van der Waals surface area contributed by atoms with Crippen molar-refractivity contribution in [2.75, 3.05) is 26.4 Å². The van der Waals surface area contributed by atoms with Crippen LogP contribution in [0.2, 0.25) is 5.02 Å². The number of alkyl carbamates (subject to hydrolysis) is 1. The first-order chi connectivity index (χ1) is 16.2. The van der Waals surface area contributed by atoms with Crippen LogP contribution in [0, 0.1) is 17.6 Å². The van der Waals surface area contributed by atoms with Crippen LogP contribution in [0.15, 0.2) is 41.3 Å². The number of benzene rings is 2. The summed E-state index contributed by atoms with van der Waals surface area (Å²) < 4.78 is 73.0. The smallest absolute Gasteiger partial charge is 0.407 e. The second-order valence-corrected chi connectivity index (χ2v) is 10.8. The quantitative estimate of drug-likeness (QED) is 0.619. The summed E-state index contributed by atoms with van der Waals surface area (Å²) in [5.74, 6) is -3.02. The van der Waals surface area contributed by atoms with E-state index in [0.29, 0.717) is 11.6 Å². The van der Waals surface area contributed by atoms with Crippen molar-refractivity contribution in [1.82, 2.24) is 5.32 Å². The molecule has 11 heteroatoms. The molecule has 1 fully saturated rings. The molecule has 2 aliphatic rings. The first-order valence-corrected chi connectivity index (χ1v) is 12.7. The van der Waals surface area contributed by atoms with E-state index in [9.17, 15) is 17.6 Å². The van der Waals surface area contributed by atoms with Gasteiger partial charge in [0.2, 0.25) is 0 Å². The number of hydrogen-bond acceptors (Lipinski definition) is 6. The monoisotopic (exact) mass is 515 g/mol. The van der Waals surface area contributed by atoms with Crippen molar-refractivity contribution >= 4 is 27.5 Å². The highest BCUT2D eigenvalue weighted by Gasteiger charge is 2.61. The van der Waals surface area contributed by atoms with Gasteiger partial charge in [-0.1, -0.05) is 11.6 Å². The van der Waals surface area contributed by atoms with Crippen LogP contribution in [0.1, 0.15) is 25.3 Å². The van der Waals surface area contributed by atoms with Gasteiger partial charge in [0, 0.05) is 30.5 Å². The van der Waals surface area contributed by atoms with Crippen molar-refractivity contribution in [3.63, 3.8) is 0 Å². The molecule has 0 spiro atoms. The normalized spacial score (nSPS) is 23.9. The van der Waals surface area contributed by atoms with Crippen LogP contribution >= 0.6 is 11.6 Å². The third kappa shape index (κ3) is 4.12. The van der Waals surface area contributed by atoms with E-state index in [-0.39, 0.29) is 43.1 Å². The Morgan fingerprint density at radius 2 is 1.91 bits per heavy atom. The Balaban J connectivity index is 1.81. The fourth-order valence-electron chi connectivity index (χ4n) is 4.80. The van der Waals surface area contributed by atoms with Gasteiger partial charge in [0.15, 0.2) is 21.4 Å². The first kappa shape index (κ1) is 24.7. The van der Waals surface area contributed by atoms with Crippen LogP contribution in [-0.4, -0.2) is 47.0 Å². The average molecular weight is 516 g/mol. The maximum Gasteiger partial charge on any atom is 0.407 e. The molecule has 0 aliphatic carbocycles. The highest BCUT2D eigenvalue weighted by molar-refractivity contribution is 7.92. The third-order valence-electron chi connectivity index (χ3n) is 6.30. The van der Waals surface area contributed by atoms with Crippen LogP contribution in [0.5, 0.6) is 5.75 Å². The molecule has 0 aromatic heterocycles. The lowest BCUT2D eigenvalue weighted by Gasteiger charge is -2.50. The van der Waals surface area contributed by atoms with E-state index in [2.05, 4.69) is 5.32 Å². The fourth-order valence-corrected chi connectivity index (χ4v) is 7.27. The highest BCUT2D eigenvalue weighted by atomic mass is 35.5. The Morgan fingerprint density at radius 1 is 1.21 bits per heavy atom. The maximum atomic E-state index is 15.3. The van der Waals surface area contributed by atoms with Gasteiger partial charge in [-0.05, 0) is 49.7 Å². The Hall–Kier alpha value is -2.43.